The summed E-state index contributed by atoms with van der Waals surface area (Å²) in [4.78, 5) is 11.5. The Balaban J connectivity index is 3.07. The molecule has 0 bridgehead atoms. The van der Waals surface area contributed by atoms with Gasteiger partial charge < -0.3 is 47.4 Å². The van der Waals surface area contributed by atoms with Crippen LogP contribution >= 0.6 is 22.6 Å². The van der Waals surface area contributed by atoms with E-state index in [1.165, 1.54) is 23.7 Å². The number of rotatable bonds is 38. The molecule has 0 aliphatic carbocycles. The molecule has 0 aromatic rings. The van der Waals surface area contributed by atoms with Gasteiger partial charge in [-0.05, 0) is 23.7 Å². The van der Waals surface area contributed by atoms with Crippen molar-refractivity contribution in [3.8, 4) is 0 Å². The minimum atomic E-state index is -0.148. The van der Waals surface area contributed by atoms with Crippen LogP contribution in [0.1, 0.15) is 64.7 Å². The molecule has 0 aliphatic heterocycles. The monoisotopic (exact) mass is 736 g/mol. The normalized spacial score (nSPS) is 11.4. The molecule has 0 radical (unpaired) electrons. The molecule has 0 N–H and O–H groups in total. The molecule has 43 heavy (non-hydrogen) atoms. The third-order valence-electron chi connectivity index (χ3n) is 5.87. The van der Waals surface area contributed by atoms with Crippen LogP contribution in [0.5, 0.6) is 0 Å². The van der Waals surface area contributed by atoms with E-state index in [1.54, 1.807) is 0 Å². The summed E-state index contributed by atoms with van der Waals surface area (Å²) in [6.07, 6.45) is 9.75. The molecule has 0 spiro atoms. The molecule has 0 heterocycles. The average molecular weight is 737 g/mol. The molecule has 0 atom stereocenters. The molecule has 0 amide bonds. The predicted molar refractivity (Wildman–Crippen MR) is 174 cm³/mol. The third-order valence-corrected chi connectivity index (χ3v) is 6.64. The smallest absolute Gasteiger partial charge is 0.305 e. The summed E-state index contributed by atoms with van der Waals surface area (Å²) in [5.41, 5.74) is 0. The van der Waals surface area contributed by atoms with Gasteiger partial charge in [0.05, 0.1) is 112 Å². The van der Waals surface area contributed by atoms with Crippen LogP contribution in [0.25, 0.3) is 0 Å². The molecule has 258 valence electrons. The van der Waals surface area contributed by atoms with E-state index in [0.29, 0.717) is 119 Å². The van der Waals surface area contributed by atoms with E-state index in [4.69, 9.17) is 47.4 Å². The number of unbranched alkanes of at least 4 members (excludes halogenated alkanes) is 6. The van der Waals surface area contributed by atoms with Crippen molar-refractivity contribution < 1.29 is 52.2 Å². The summed E-state index contributed by atoms with van der Waals surface area (Å²) in [6.45, 7) is 12.1. The SMILES string of the molecule is CCCCCCC(=O)OCCOCCOCCOCCOCCOCCOCCOCCOCCOCCCCCCI. The Morgan fingerprint density at radius 3 is 1.09 bits per heavy atom. The number of ether oxygens (including phenoxy) is 10. The number of alkyl halides is 1. The van der Waals surface area contributed by atoms with Gasteiger partial charge in [0.1, 0.15) is 6.61 Å². The lowest BCUT2D eigenvalue weighted by Crippen LogP contribution is -2.15. The van der Waals surface area contributed by atoms with Gasteiger partial charge in [-0.25, -0.2) is 0 Å². The Bertz CT molecular complexity index is 532. The van der Waals surface area contributed by atoms with Crippen LogP contribution in [0, 0.1) is 0 Å². The minimum absolute atomic E-state index is 0.148. The van der Waals surface area contributed by atoms with Crippen molar-refractivity contribution in [3.63, 3.8) is 0 Å². The van der Waals surface area contributed by atoms with E-state index in [-0.39, 0.29) is 12.6 Å². The number of hydrogen-bond acceptors (Lipinski definition) is 11. The lowest BCUT2D eigenvalue weighted by atomic mass is 10.2. The Labute approximate surface area is 274 Å². The van der Waals surface area contributed by atoms with Gasteiger partial charge in [0.25, 0.3) is 0 Å². The molecule has 0 aromatic heterocycles. The first kappa shape index (κ1) is 42.8. The molecule has 0 aliphatic rings. The van der Waals surface area contributed by atoms with Crippen LogP contribution < -0.4 is 0 Å². The molecule has 0 rings (SSSR count). The van der Waals surface area contributed by atoms with Crippen molar-refractivity contribution in [3.05, 3.63) is 0 Å². The third kappa shape index (κ3) is 39.8. The summed E-state index contributed by atoms with van der Waals surface area (Å²) in [6, 6.07) is 0. The number of carbonyl (C=O) groups excluding carboxylic acids is 1. The zero-order valence-electron chi connectivity index (χ0n) is 26.9. The van der Waals surface area contributed by atoms with Crippen molar-refractivity contribution in [2.24, 2.45) is 0 Å². The van der Waals surface area contributed by atoms with Gasteiger partial charge in [-0.2, -0.15) is 0 Å². The van der Waals surface area contributed by atoms with E-state index < -0.39 is 0 Å². The van der Waals surface area contributed by atoms with Crippen molar-refractivity contribution in [1.82, 2.24) is 0 Å². The lowest BCUT2D eigenvalue weighted by molar-refractivity contribution is -0.145. The van der Waals surface area contributed by atoms with Crippen LogP contribution in [0.3, 0.4) is 0 Å². The Hall–Kier alpha value is -0.160. The Kier molecular flexibility index (Phi) is 39.7. The summed E-state index contributed by atoms with van der Waals surface area (Å²) in [5.74, 6) is -0.148. The second kappa shape index (κ2) is 39.9. The highest BCUT2D eigenvalue weighted by Gasteiger charge is 2.02. The average Bonchev–Trinajstić information content (AvgIpc) is 3.01. The van der Waals surface area contributed by atoms with Gasteiger partial charge in [-0.3, -0.25) is 4.79 Å². The fourth-order valence-corrected chi connectivity index (χ4v) is 4.04. The summed E-state index contributed by atoms with van der Waals surface area (Å²) in [5, 5.41) is 0. The molecule has 0 saturated carbocycles. The van der Waals surface area contributed by atoms with Gasteiger partial charge >= 0.3 is 5.97 Å². The van der Waals surface area contributed by atoms with Gasteiger partial charge in [0, 0.05) is 13.0 Å². The van der Waals surface area contributed by atoms with Crippen LogP contribution in [0.4, 0.5) is 0 Å². The maximum atomic E-state index is 11.5. The largest absolute Gasteiger partial charge is 0.463 e. The summed E-state index contributed by atoms with van der Waals surface area (Å²) < 4.78 is 55.6. The van der Waals surface area contributed by atoms with Gasteiger partial charge in [-0.1, -0.05) is 61.6 Å². The van der Waals surface area contributed by atoms with Crippen LogP contribution in [0.15, 0.2) is 0 Å². The van der Waals surface area contributed by atoms with E-state index in [2.05, 4.69) is 29.5 Å². The molecular weight excluding hydrogens is 675 g/mol. The number of carbonyl (C=O) groups is 1. The van der Waals surface area contributed by atoms with Crippen LogP contribution in [-0.2, 0) is 52.2 Å². The van der Waals surface area contributed by atoms with Crippen molar-refractivity contribution in [2.75, 3.05) is 130 Å². The Morgan fingerprint density at radius 1 is 0.395 bits per heavy atom. The van der Waals surface area contributed by atoms with Gasteiger partial charge in [-0.15, -0.1) is 0 Å². The van der Waals surface area contributed by atoms with E-state index in [9.17, 15) is 4.79 Å². The van der Waals surface area contributed by atoms with E-state index in [0.717, 1.165) is 38.7 Å². The van der Waals surface area contributed by atoms with Crippen molar-refractivity contribution >= 4 is 28.6 Å². The molecular formula is C31H61IO11. The second-order valence-electron chi connectivity index (χ2n) is 9.65. The molecule has 11 nitrogen and oxygen atoms in total. The fourth-order valence-electron chi connectivity index (χ4n) is 3.50. The fraction of sp³-hybridized carbons (Fsp3) is 0.968. The van der Waals surface area contributed by atoms with E-state index in [1.807, 2.05) is 0 Å². The topological polar surface area (TPSA) is 109 Å². The van der Waals surface area contributed by atoms with Crippen LogP contribution in [-0.4, -0.2) is 136 Å². The number of hydrogen-bond donors (Lipinski definition) is 0. The zero-order valence-corrected chi connectivity index (χ0v) is 29.0. The van der Waals surface area contributed by atoms with Gasteiger partial charge in [0.15, 0.2) is 0 Å². The molecule has 0 aromatic carbocycles. The first-order chi connectivity index (χ1) is 21.3. The van der Waals surface area contributed by atoms with E-state index >= 15 is 0 Å². The lowest BCUT2D eigenvalue weighted by Gasteiger charge is -2.09. The predicted octanol–water partition coefficient (Wildman–Crippen LogP) is 4.64. The maximum Gasteiger partial charge on any atom is 0.305 e. The van der Waals surface area contributed by atoms with Gasteiger partial charge in [0.2, 0.25) is 0 Å². The quantitative estimate of drug-likeness (QED) is 0.0383. The zero-order chi connectivity index (χ0) is 31.2. The molecule has 0 saturated heterocycles. The highest BCUT2D eigenvalue weighted by Crippen LogP contribution is 2.03. The minimum Gasteiger partial charge on any atom is -0.463 e. The molecule has 0 unspecified atom stereocenters. The first-order valence-electron chi connectivity index (χ1n) is 16.2. The van der Waals surface area contributed by atoms with Crippen molar-refractivity contribution in [1.29, 1.82) is 0 Å². The summed E-state index contributed by atoms with van der Waals surface area (Å²) in [7, 11) is 0. The maximum absolute atomic E-state index is 11.5. The first-order valence-corrected chi connectivity index (χ1v) is 17.7. The molecule has 0 fully saturated rings. The standard InChI is InChI=1S/C31H61IO11/c1-2-3-4-7-10-31(33)43-30-29-42-28-27-41-26-25-40-24-23-39-22-21-38-20-19-37-18-17-36-16-15-35-14-13-34-12-9-6-5-8-11-32/h2-30H2,1H3. The highest BCUT2D eigenvalue weighted by molar-refractivity contribution is 14.1. The van der Waals surface area contributed by atoms with Crippen LogP contribution in [0.2, 0.25) is 0 Å². The summed E-state index contributed by atoms with van der Waals surface area (Å²) >= 11 is 2.42. The number of halogens is 1. The molecule has 12 heteroatoms. The van der Waals surface area contributed by atoms with Crippen molar-refractivity contribution in [2.45, 2.75) is 64.7 Å². The second-order valence-corrected chi connectivity index (χ2v) is 10.7. The Morgan fingerprint density at radius 2 is 0.721 bits per heavy atom. The number of esters is 1. The highest BCUT2D eigenvalue weighted by atomic mass is 127.